The Morgan fingerprint density at radius 3 is 0.835 bits per heavy atom. The van der Waals surface area contributed by atoms with Crippen LogP contribution in [-0.4, -0.2) is 96.7 Å². The molecule has 3 N–H and O–H groups in total. The van der Waals surface area contributed by atoms with Crippen LogP contribution in [0.1, 0.15) is 376 Å². The molecule has 0 aromatic rings. The molecule has 0 radical (unpaired) electrons. The molecule has 0 spiro atoms. The molecule has 0 aliphatic carbocycles. The van der Waals surface area contributed by atoms with Gasteiger partial charge in [-0.3, -0.25) is 37.3 Å². The number of hydrogen-bond donors (Lipinski definition) is 3. The summed E-state index contributed by atoms with van der Waals surface area (Å²) in [6.07, 6.45) is 57.8. The van der Waals surface area contributed by atoms with E-state index in [1.807, 2.05) is 0 Å². The van der Waals surface area contributed by atoms with Gasteiger partial charge in [0.25, 0.3) is 0 Å². The number of allylic oxidation sites excluding steroid dienone is 4. The van der Waals surface area contributed by atoms with E-state index in [4.69, 9.17) is 37.0 Å². The van der Waals surface area contributed by atoms with Crippen molar-refractivity contribution in [2.75, 3.05) is 39.6 Å². The van der Waals surface area contributed by atoms with Crippen LogP contribution in [0.25, 0.3) is 0 Å². The second kappa shape index (κ2) is 68.0. The Morgan fingerprint density at radius 2 is 0.557 bits per heavy atom. The van der Waals surface area contributed by atoms with Gasteiger partial charge in [-0.15, -0.1) is 0 Å². The predicted molar refractivity (Wildman–Crippen MR) is 395 cm³/mol. The van der Waals surface area contributed by atoms with Gasteiger partial charge >= 0.3 is 39.5 Å². The maximum absolute atomic E-state index is 13.1. The molecular weight excluding hydrogens is 1270 g/mol. The molecule has 3 unspecified atom stereocenters. The van der Waals surface area contributed by atoms with Crippen molar-refractivity contribution >= 4 is 39.5 Å². The third kappa shape index (κ3) is 71.7. The summed E-state index contributed by atoms with van der Waals surface area (Å²) in [5.41, 5.74) is 0. The lowest BCUT2D eigenvalue weighted by molar-refractivity contribution is -0.161. The van der Waals surface area contributed by atoms with Crippen molar-refractivity contribution in [3.8, 4) is 0 Å². The molecule has 0 rings (SSSR count). The van der Waals surface area contributed by atoms with Gasteiger partial charge in [-0.05, 0) is 69.1 Å². The summed E-state index contributed by atoms with van der Waals surface area (Å²) in [5.74, 6) is 0.120. The minimum atomic E-state index is -4.97. The van der Waals surface area contributed by atoms with Crippen LogP contribution in [0.5, 0.6) is 0 Å². The molecule has 0 amide bonds. The van der Waals surface area contributed by atoms with E-state index in [9.17, 15) is 43.2 Å². The average Bonchev–Trinajstić information content (AvgIpc) is 1.13. The van der Waals surface area contributed by atoms with Crippen LogP contribution in [-0.2, 0) is 65.4 Å². The first-order chi connectivity index (χ1) is 46.7. The summed E-state index contributed by atoms with van der Waals surface area (Å²) in [4.78, 5) is 72.9. The summed E-state index contributed by atoms with van der Waals surface area (Å²) in [7, 11) is -9.93. The van der Waals surface area contributed by atoms with E-state index in [0.717, 1.165) is 127 Å². The average molecular weight is 1420 g/mol. The number of ether oxygens (including phenoxy) is 4. The van der Waals surface area contributed by atoms with Gasteiger partial charge in [0.1, 0.15) is 19.3 Å². The van der Waals surface area contributed by atoms with Crippen molar-refractivity contribution in [1.29, 1.82) is 0 Å². The van der Waals surface area contributed by atoms with E-state index >= 15 is 0 Å². The van der Waals surface area contributed by atoms with Gasteiger partial charge in [-0.1, -0.05) is 323 Å². The van der Waals surface area contributed by atoms with Crippen LogP contribution < -0.4 is 0 Å². The van der Waals surface area contributed by atoms with Gasteiger partial charge in [0.2, 0.25) is 0 Å². The molecule has 97 heavy (non-hydrogen) atoms. The number of phosphoric ester groups is 2. The van der Waals surface area contributed by atoms with E-state index in [2.05, 4.69) is 72.8 Å². The summed E-state index contributed by atoms with van der Waals surface area (Å²) in [6.45, 7) is 11.8. The zero-order valence-electron chi connectivity index (χ0n) is 63.0. The van der Waals surface area contributed by atoms with Crippen LogP contribution in [0.3, 0.4) is 0 Å². The number of phosphoric acid groups is 2. The number of unbranched alkanes of at least 4 members (excludes halogenated alkanes) is 39. The van der Waals surface area contributed by atoms with Crippen LogP contribution in [0.15, 0.2) is 24.3 Å². The van der Waals surface area contributed by atoms with Gasteiger partial charge in [0.05, 0.1) is 26.4 Å². The minimum Gasteiger partial charge on any atom is -0.462 e. The highest BCUT2D eigenvalue weighted by Gasteiger charge is 2.30. The van der Waals surface area contributed by atoms with Crippen LogP contribution >= 0.6 is 15.6 Å². The zero-order chi connectivity index (χ0) is 71.6. The molecule has 5 atom stereocenters. The molecule has 0 aliphatic heterocycles. The largest absolute Gasteiger partial charge is 0.472 e. The van der Waals surface area contributed by atoms with Crippen LogP contribution in [0, 0.1) is 17.8 Å². The third-order valence-corrected chi connectivity index (χ3v) is 19.4. The number of hydrogen-bond acceptors (Lipinski definition) is 15. The number of aliphatic hydroxyl groups excluding tert-OH is 1. The molecule has 0 heterocycles. The van der Waals surface area contributed by atoms with Crippen molar-refractivity contribution in [1.82, 2.24) is 0 Å². The monoisotopic (exact) mass is 1420 g/mol. The Bertz CT molecular complexity index is 1980. The first kappa shape index (κ1) is 94.5. The van der Waals surface area contributed by atoms with E-state index in [1.54, 1.807) is 0 Å². The SMILES string of the molecule is CCCCCC/C=C\C=C/CCCCCCCC(=O)OC[C@H](COP(=O)(O)OCC(O)COP(=O)(O)OC[C@@H](COC(=O)CCCCCCCCCCC(C)C)OC(=O)CCCCCCCCCCCC(C)C)OC(=O)CCCCCCCCCCCCCCCCCCC(C)C. The van der Waals surface area contributed by atoms with Crippen LogP contribution in [0.4, 0.5) is 0 Å². The molecule has 0 aliphatic rings. The lowest BCUT2D eigenvalue weighted by Crippen LogP contribution is -2.30. The number of carbonyl (C=O) groups is 4. The molecule has 17 nitrogen and oxygen atoms in total. The lowest BCUT2D eigenvalue weighted by atomic mass is 10.0. The highest BCUT2D eigenvalue weighted by Crippen LogP contribution is 2.45. The van der Waals surface area contributed by atoms with E-state index < -0.39 is 97.5 Å². The van der Waals surface area contributed by atoms with Crippen molar-refractivity contribution in [3.05, 3.63) is 24.3 Å². The molecule has 0 saturated carbocycles. The molecule has 0 aromatic heterocycles. The normalized spacial score (nSPS) is 14.2. The van der Waals surface area contributed by atoms with Gasteiger partial charge in [-0.2, -0.15) is 0 Å². The van der Waals surface area contributed by atoms with E-state index in [-0.39, 0.29) is 25.7 Å². The summed E-state index contributed by atoms with van der Waals surface area (Å²) >= 11 is 0. The Balaban J connectivity index is 5.28. The molecule has 0 saturated heterocycles. The number of aliphatic hydroxyl groups is 1. The van der Waals surface area contributed by atoms with Gasteiger partial charge in [0, 0.05) is 25.7 Å². The molecule has 0 aromatic carbocycles. The second-order valence-electron chi connectivity index (χ2n) is 28.8. The highest BCUT2D eigenvalue weighted by molar-refractivity contribution is 7.47. The van der Waals surface area contributed by atoms with E-state index in [0.29, 0.717) is 25.7 Å². The predicted octanol–water partition coefficient (Wildman–Crippen LogP) is 22.5. The topological polar surface area (TPSA) is 237 Å². The standard InChI is InChI=1S/C78H148O17P2/c1-8-9-10-11-12-13-14-15-18-22-25-30-38-45-52-59-75(80)88-65-73(94-77(82)61-54-47-40-31-26-23-20-17-16-19-21-24-28-35-42-49-56-69(2)3)67-92-96(84,85)90-63-72(79)64-91-97(86,87)93-68-74(66-89-76(81)60-53-46-39-34-33-37-44-51-58-71(6)7)95-78(83)62-55-48-41-32-27-29-36-43-50-57-70(4)5/h13-15,18,69-74,79H,8-12,16-17,19-68H2,1-7H3,(H,84,85)(H,86,87)/b14-13-,18-15-/t72?,73-,74-/m1/s1. The molecular formula is C78H148O17P2. The summed E-state index contributed by atoms with van der Waals surface area (Å²) in [6, 6.07) is 0. The first-order valence-electron chi connectivity index (χ1n) is 39.7. The van der Waals surface area contributed by atoms with Crippen molar-refractivity contribution in [3.63, 3.8) is 0 Å². The summed E-state index contributed by atoms with van der Waals surface area (Å²) < 4.78 is 68.5. The van der Waals surface area contributed by atoms with E-state index in [1.165, 1.54) is 167 Å². The molecule has 572 valence electrons. The van der Waals surface area contributed by atoms with Crippen molar-refractivity contribution in [2.45, 2.75) is 394 Å². The fourth-order valence-corrected chi connectivity index (χ4v) is 13.0. The Morgan fingerprint density at radius 1 is 0.320 bits per heavy atom. The van der Waals surface area contributed by atoms with Crippen LogP contribution in [0.2, 0.25) is 0 Å². The molecule has 19 heteroatoms. The number of rotatable bonds is 74. The Labute approximate surface area is 592 Å². The lowest BCUT2D eigenvalue weighted by Gasteiger charge is -2.21. The van der Waals surface area contributed by atoms with Crippen molar-refractivity contribution < 1.29 is 80.2 Å². The quantitative estimate of drug-likeness (QED) is 0.0169. The van der Waals surface area contributed by atoms with Gasteiger partial charge < -0.3 is 33.8 Å². The number of carbonyl (C=O) groups excluding carboxylic acids is 4. The second-order valence-corrected chi connectivity index (χ2v) is 31.7. The Kier molecular flexibility index (Phi) is 66.3. The highest BCUT2D eigenvalue weighted by atomic mass is 31.2. The maximum atomic E-state index is 13.1. The summed E-state index contributed by atoms with van der Waals surface area (Å²) in [5, 5.41) is 10.6. The Hall–Kier alpha value is -2.46. The fraction of sp³-hybridized carbons (Fsp3) is 0.897. The first-order valence-corrected chi connectivity index (χ1v) is 42.7. The molecule has 0 fully saturated rings. The number of esters is 4. The van der Waals surface area contributed by atoms with Gasteiger partial charge in [-0.25, -0.2) is 9.13 Å². The fourth-order valence-electron chi connectivity index (χ4n) is 11.4. The maximum Gasteiger partial charge on any atom is 0.472 e. The smallest absolute Gasteiger partial charge is 0.462 e. The molecule has 0 bridgehead atoms. The van der Waals surface area contributed by atoms with Gasteiger partial charge in [0.15, 0.2) is 12.2 Å². The van der Waals surface area contributed by atoms with Crippen molar-refractivity contribution in [2.24, 2.45) is 17.8 Å². The minimum absolute atomic E-state index is 0.101. The third-order valence-electron chi connectivity index (χ3n) is 17.5. The zero-order valence-corrected chi connectivity index (χ0v) is 64.8.